The summed E-state index contributed by atoms with van der Waals surface area (Å²) in [6.07, 6.45) is 0. The average molecular weight is 223 g/mol. The molecule has 0 radical (unpaired) electrons. The summed E-state index contributed by atoms with van der Waals surface area (Å²) < 4.78 is 0. The maximum atomic E-state index is 6.08. The van der Waals surface area contributed by atoms with Crippen LogP contribution in [0.5, 0.6) is 0 Å². The van der Waals surface area contributed by atoms with Gasteiger partial charge in [-0.3, -0.25) is 5.10 Å². The van der Waals surface area contributed by atoms with E-state index in [1.54, 1.807) is 0 Å². The number of rotatable bonds is 1. The second-order valence-corrected chi connectivity index (χ2v) is 4.21. The third-order valence-electron chi connectivity index (χ3n) is 2.89. The number of nitrogens with two attached hydrogens (primary N) is 1. The molecular formula is C14H13N3. The Morgan fingerprint density at radius 2 is 1.88 bits per heavy atom. The first kappa shape index (κ1) is 9.90. The molecule has 0 atom stereocenters. The normalized spacial score (nSPS) is 10.9. The second-order valence-electron chi connectivity index (χ2n) is 4.21. The van der Waals surface area contributed by atoms with Crippen LogP contribution in [0.3, 0.4) is 0 Å². The van der Waals surface area contributed by atoms with E-state index in [4.69, 9.17) is 5.73 Å². The van der Waals surface area contributed by atoms with Crippen molar-refractivity contribution in [2.45, 2.75) is 6.92 Å². The molecule has 3 N–H and O–H groups in total. The number of H-pyrrole nitrogens is 1. The average Bonchev–Trinajstić information content (AvgIpc) is 2.74. The van der Waals surface area contributed by atoms with Crippen LogP contribution in [-0.4, -0.2) is 10.2 Å². The molecule has 0 saturated heterocycles. The van der Waals surface area contributed by atoms with E-state index in [0.717, 1.165) is 33.4 Å². The lowest BCUT2D eigenvalue weighted by Crippen LogP contribution is -1.88. The van der Waals surface area contributed by atoms with Gasteiger partial charge in [0.05, 0.1) is 10.9 Å². The molecule has 0 bridgehead atoms. The minimum atomic E-state index is 0.771. The van der Waals surface area contributed by atoms with Crippen LogP contribution in [0.25, 0.3) is 22.2 Å². The molecule has 0 aliphatic heterocycles. The van der Waals surface area contributed by atoms with Crippen LogP contribution in [0.2, 0.25) is 0 Å². The molecule has 0 spiro atoms. The molecule has 2 aromatic carbocycles. The number of hydrogen-bond acceptors (Lipinski definition) is 2. The summed E-state index contributed by atoms with van der Waals surface area (Å²) in [5.74, 6) is 0. The van der Waals surface area contributed by atoms with E-state index in [1.807, 2.05) is 43.3 Å². The van der Waals surface area contributed by atoms with Crippen LogP contribution in [0.15, 0.2) is 42.5 Å². The molecule has 3 rings (SSSR count). The number of nitrogen functional groups attached to an aromatic ring is 1. The standard InChI is InChI=1S/C14H13N3/c1-9-7-11(15)13-12(8-9)16-17-14(13)10-5-3-2-4-6-10/h2-8H,15H2,1H3,(H,16,17). The molecule has 17 heavy (non-hydrogen) atoms. The fourth-order valence-corrected chi connectivity index (χ4v) is 2.14. The van der Waals surface area contributed by atoms with Crippen molar-refractivity contribution in [3.8, 4) is 11.3 Å². The van der Waals surface area contributed by atoms with Crippen molar-refractivity contribution < 1.29 is 0 Å². The van der Waals surface area contributed by atoms with E-state index in [-0.39, 0.29) is 0 Å². The monoisotopic (exact) mass is 223 g/mol. The first-order valence-electron chi connectivity index (χ1n) is 5.55. The Bertz CT molecular complexity index is 669. The van der Waals surface area contributed by atoms with Gasteiger partial charge in [0.2, 0.25) is 0 Å². The van der Waals surface area contributed by atoms with Gasteiger partial charge in [0, 0.05) is 11.3 Å². The summed E-state index contributed by atoms with van der Waals surface area (Å²) in [7, 11) is 0. The number of nitrogens with one attached hydrogen (secondary N) is 1. The van der Waals surface area contributed by atoms with Crippen molar-refractivity contribution in [2.75, 3.05) is 5.73 Å². The Hall–Kier alpha value is -2.29. The van der Waals surface area contributed by atoms with E-state index >= 15 is 0 Å². The summed E-state index contributed by atoms with van der Waals surface area (Å²) in [6, 6.07) is 14.1. The van der Waals surface area contributed by atoms with Crippen LogP contribution in [0, 0.1) is 6.92 Å². The molecule has 0 saturated carbocycles. The summed E-state index contributed by atoms with van der Waals surface area (Å²) in [6.45, 7) is 2.03. The smallest absolute Gasteiger partial charge is 0.102 e. The summed E-state index contributed by atoms with van der Waals surface area (Å²) >= 11 is 0. The predicted molar refractivity (Wildman–Crippen MR) is 70.7 cm³/mol. The fraction of sp³-hybridized carbons (Fsp3) is 0.0714. The molecule has 3 aromatic rings. The molecule has 1 heterocycles. The minimum absolute atomic E-state index is 0.771. The molecule has 0 fully saturated rings. The van der Waals surface area contributed by atoms with E-state index < -0.39 is 0 Å². The lowest BCUT2D eigenvalue weighted by atomic mass is 10.0. The van der Waals surface area contributed by atoms with E-state index in [9.17, 15) is 0 Å². The molecule has 0 aliphatic carbocycles. The van der Waals surface area contributed by atoms with Gasteiger partial charge in [-0.05, 0) is 24.6 Å². The Kier molecular flexibility index (Phi) is 2.11. The van der Waals surface area contributed by atoms with Gasteiger partial charge >= 0.3 is 0 Å². The van der Waals surface area contributed by atoms with Crippen molar-refractivity contribution in [3.05, 3.63) is 48.0 Å². The molecule has 0 aliphatic rings. The second kappa shape index (κ2) is 3.63. The molecule has 0 amide bonds. The third-order valence-corrected chi connectivity index (χ3v) is 2.89. The van der Waals surface area contributed by atoms with Crippen molar-refractivity contribution >= 4 is 16.6 Å². The van der Waals surface area contributed by atoms with E-state index in [2.05, 4.69) is 16.3 Å². The molecule has 3 nitrogen and oxygen atoms in total. The number of hydrogen-bond donors (Lipinski definition) is 2. The van der Waals surface area contributed by atoms with Gasteiger partial charge in [-0.15, -0.1) is 0 Å². The van der Waals surface area contributed by atoms with Gasteiger partial charge in [-0.2, -0.15) is 5.10 Å². The zero-order valence-electron chi connectivity index (χ0n) is 9.57. The zero-order chi connectivity index (χ0) is 11.8. The first-order chi connectivity index (χ1) is 8.25. The minimum Gasteiger partial charge on any atom is -0.398 e. The highest BCUT2D eigenvalue weighted by Crippen LogP contribution is 2.31. The Morgan fingerprint density at radius 3 is 2.65 bits per heavy atom. The fourth-order valence-electron chi connectivity index (χ4n) is 2.14. The molecule has 3 heteroatoms. The van der Waals surface area contributed by atoms with Gasteiger partial charge in [0.1, 0.15) is 5.69 Å². The summed E-state index contributed by atoms with van der Waals surface area (Å²) in [5.41, 5.74) is 11.0. The van der Waals surface area contributed by atoms with Crippen LogP contribution in [0.1, 0.15) is 5.56 Å². The summed E-state index contributed by atoms with van der Waals surface area (Å²) in [5, 5.41) is 8.40. The number of anilines is 1. The Morgan fingerprint density at radius 1 is 1.12 bits per heavy atom. The first-order valence-corrected chi connectivity index (χ1v) is 5.55. The Balaban J connectivity index is 2.32. The van der Waals surface area contributed by atoms with E-state index in [1.165, 1.54) is 0 Å². The lowest BCUT2D eigenvalue weighted by Gasteiger charge is -2.01. The van der Waals surface area contributed by atoms with Crippen molar-refractivity contribution in [1.82, 2.24) is 10.2 Å². The number of nitrogens with zero attached hydrogens (tertiary/aromatic N) is 1. The van der Waals surface area contributed by atoms with Crippen molar-refractivity contribution in [1.29, 1.82) is 0 Å². The number of aromatic amines is 1. The van der Waals surface area contributed by atoms with Gasteiger partial charge in [0.15, 0.2) is 0 Å². The largest absolute Gasteiger partial charge is 0.398 e. The highest BCUT2D eigenvalue weighted by atomic mass is 15.1. The number of benzene rings is 2. The van der Waals surface area contributed by atoms with Gasteiger partial charge in [0.25, 0.3) is 0 Å². The number of aromatic nitrogens is 2. The highest BCUT2D eigenvalue weighted by Gasteiger charge is 2.10. The Labute approximate surface area is 99.3 Å². The van der Waals surface area contributed by atoms with E-state index in [0.29, 0.717) is 0 Å². The topological polar surface area (TPSA) is 54.7 Å². The van der Waals surface area contributed by atoms with Gasteiger partial charge in [-0.25, -0.2) is 0 Å². The quantitative estimate of drug-likeness (QED) is 0.623. The number of aryl methyl sites for hydroxylation is 1. The maximum absolute atomic E-state index is 6.08. The maximum Gasteiger partial charge on any atom is 0.102 e. The van der Waals surface area contributed by atoms with Crippen molar-refractivity contribution in [2.24, 2.45) is 0 Å². The van der Waals surface area contributed by atoms with Crippen LogP contribution in [-0.2, 0) is 0 Å². The predicted octanol–water partition coefficient (Wildman–Crippen LogP) is 3.12. The molecular weight excluding hydrogens is 210 g/mol. The van der Waals surface area contributed by atoms with Crippen molar-refractivity contribution in [3.63, 3.8) is 0 Å². The zero-order valence-corrected chi connectivity index (χ0v) is 9.57. The highest BCUT2D eigenvalue weighted by molar-refractivity contribution is 6.01. The van der Waals surface area contributed by atoms with Crippen LogP contribution < -0.4 is 5.73 Å². The lowest BCUT2D eigenvalue weighted by molar-refractivity contribution is 1.12. The summed E-state index contributed by atoms with van der Waals surface area (Å²) in [4.78, 5) is 0. The molecule has 0 unspecified atom stereocenters. The SMILES string of the molecule is Cc1cc(N)c2c(-c3ccccc3)n[nH]c2c1. The van der Waals surface area contributed by atoms with Crippen LogP contribution >= 0.6 is 0 Å². The van der Waals surface area contributed by atoms with Gasteiger partial charge < -0.3 is 5.73 Å². The molecule has 1 aromatic heterocycles. The molecule has 84 valence electrons. The third kappa shape index (κ3) is 1.56. The van der Waals surface area contributed by atoms with Crippen LogP contribution in [0.4, 0.5) is 5.69 Å². The number of fused-ring (bicyclic) bond motifs is 1. The van der Waals surface area contributed by atoms with Gasteiger partial charge in [-0.1, -0.05) is 30.3 Å².